The Morgan fingerprint density at radius 3 is 1.89 bits per heavy atom. The van der Waals surface area contributed by atoms with Crippen molar-refractivity contribution in [2.45, 2.75) is 46.5 Å². The summed E-state index contributed by atoms with van der Waals surface area (Å²) in [6, 6.07) is 12.4. The average Bonchev–Trinajstić information content (AvgIpc) is 3.30. The maximum absolute atomic E-state index is 11.6. The zero-order valence-corrected chi connectivity index (χ0v) is 18.4. The summed E-state index contributed by atoms with van der Waals surface area (Å²) >= 11 is 3.44. The molecule has 0 N–H and O–H groups in total. The summed E-state index contributed by atoms with van der Waals surface area (Å²) in [4.78, 5) is 26.9. The fraction of sp³-hybridized carbons (Fsp3) is 0.391. The molecule has 2 amide bonds. The molecule has 4 rings (SSSR count). The molecule has 5 heteroatoms. The number of hydrogen-bond donors (Lipinski definition) is 0. The van der Waals surface area contributed by atoms with Crippen molar-refractivity contribution >= 4 is 39.1 Å². The minimum atomic E-state index is 0.214. The highest BCUT2D eigenvalue weighted by Gasteiger charge is 2.23. The van der Waals surface area contributed by atoms with Crippen molar-refractivity contribution in [2.24, 2.45) is 0 Å². The minimum Gasteiger partial charge on any atom is -0.312 e. The van der Waals surface area contributed by atoms with Gasteiger partial charge in [-0.2, -0.15) is 0 Å². The third-order valence-corrected chi connectivity index (χ3v) is 5.77. The normalized spacial score (nSPS) is 14.3. The molecule has 0 saturated carbocycles. The van der Waals surface area contributed by atoms with E-state index in [-0.39, 0.29) is 11.8 Å². The fourth-order valence-corrected chi connectivity index (χ4v) is 4.21. The number of benzene rings is 2. The summed E-state index contributed by atoms with van der Waals surface area (Å²) < 4.78 is 1.09. The summed E-state index contributed by atoms with van der Waals surface area (Å²) in [5, 5.41) is 0. The number of rotatable bonds is 2. The number of hydrogen-bond acceptors (Lipinski definition) is 2. The molecule has 0 saturated heterocycles. The average molecular weight is 443 g/mol. The monoisotopic (exact) mass is 442 g/mol. The second-order valence-electron chi connectivity index (χ2n) is 7.20. The van der Waals surface area contributed by atoms with Gasteiger partial charge in [0, 0.05) is 41.8 Å². The molecule has 0 radical (unpaired) electrons. The van der Waals surface area contributed by atoms with E-state index >= 15 is 0 Å². The lowest BCUT2D eigenvalue weighted by molar-refractivity contribution is -0.119. The Morgan fingerprint density at radius 1 is 0.857 bits per heavy atom. The first kappa shape index (κ1) is 20.6. The lowest BCUT2D eigenvalue weighted by atomic mass is 10.1. The van der Waals surface area contributed by atoms with Crippen LogP contribution in [0.2, 0.25) is 0 Å². The Kier molecular flexibility index (Phi) is 6.55. The Bertz CT molecular complexity index is 821. The van der Waals surface area contributed by atoms with Crippen molar-refractivity contribution in [1.29, 1.82) is 0 Å². The maximum Gasteiger partial charge on any atom is 0.226 e. The first-order valence-corrected chi connectivity index (χ1v) is 10.7. The van der Waals surface area contributed by atoms with Gasteiger partial charge in [0.2, 0.25) is 11.8 Å². The largest absolute Gasteiger partial charge is 0.312 e. The summed E-state index contributed by atoms with van der Waals surface area (Å²) in [6.45, 7) is 7.59. The topological polar surface area (TPSA) is 40.6 Å². The molecule has 0 bridgehead atoms. The number of fused-ring (bicyclic) bond motifs is 2. The van der Waals surface area contributed by atoms with E-state index in [1.165, 1.54) is 16.7 Å². The molecule has 0 fully saturated rings. The van der Waals surface area contributed by atoms with Crippen LogP contribution < -0.4 is 9.80 Å². The molecule has 2 aromatic rings. The van der Waals surface area contributed by atoms with E-state index < -0.39 is 0 Å². The van der Waals surface area contributed by atoms with Crippen molar-refractivity contribution < 1.29 is 9.59 Å². The Balaban J connectivity index is 0.000000161. The van der Waals surface area contributed by atoms with Crippen LogP contribution in [-0.4, -0.2) is 24.9 Å². The number of halogens is 1. The van der Waals surface area contributed by atoms with E-state index in [9.17, 15) is 9.59 Å². The van der Waals surface area contributed by atoms with Crippen molar-refractivity contribution in [3.05, 3.63) is 57.6 Å². The number of nitrogens with zero attached hydrogens (tertiary/aromatic N) is 2. The molecule has 0 unspecified atom stereocenters. The van der Waals surface area contributed by atoms with Crippen LogP contribution in [0.3, 0.4) is 0 Å². The smallest absolute Gasteiger partial charge is 0.226 e. The van der Waals surface area contributed by atoms with E-state index in [2.05, 4.69) is 47.1 Å². The van der Waals surface area contributed by atoms with Gasteiger partial charge in [0.25, 0.3) is 0 Å². The van der Waals surface area contributed by atoms with Gasteiger partial charge in [-0.25, -0.2) is 0 Å². The van der Waals surface area contributed by atoms with E-state index in [4.69, 9.17) is 0 Å². The van der Waals surface area contributed by atoms with Crippen molar-refractivity contribution in [2.75, 3.05) is 22.9 Å². The van der Waals surface area contributed by atoms with Crippen LogP contribution >= 0.6 is 15.9 Å². The third kappa shape index (κ3) is 4.30. The van der Waals surface area contributed by atoms with Gasteiger partial charge in [-0.15, -0.1) is 0 Å². The van der Waals surface area contributed by atoms with Crippen molar-refractivity contribution in [1.82, 2.24) is 0 Å². The summed E-state index contributed by atoms with van der Waals surface area (Å²) in [5.41, 5.74) is 6.05. The summed E-state index contributed by atoms with van der Waals surface area (Å²) in [5.74, 6) is 0.443. The number of carbonyl (C=O) groups excluding carboxylic acids is 2. The maximum atomic E-state index is 11.6. The summed E-state index contributed by atoms with van der Waals surface area (Å²) in [7, 11) is 0. The molecule has 0 aromatic heterocycles. The highest BCUT2D eigenvalue weighted by molar-refractivity contribution is 9.10. The van der Waals surface area contributed by atoms with Gasteiger partial charge in [0.05, 0.1) is 0 Å². The molecule has 28 heavy (non-hydrogen) atoms. The van der Waals surface area contributed by atoms with Crippen molar-refractivity contribution in [3.8, 4) is 0 Å². The van der Waals surface area contributed by atoms with Crippen LogP contribution in [0, 0.1) is 6.92 Å². The second-order valence-corrected chi connectivity index (χ2v) is 8.12. The Labute approximate surface area is 175 Å². The highest BCUT2D eigenvalue weighted by atomic mass is 79.9. The van der Waals surface area contributed by atoms with Gasteiger partial charge in [-0.1, -0.05) is 47.5 Å². The molecule has 0 spiro atoms. The van der Waals surface area contributed by atoms with E-state index in [0.717, 1.165) is 41.8 Å². The number of amides is 2. The minimum absolute atomic E-state index is 0.214. The zero-order chi connectivity index (χ0) is 20.3. The molecule has 2 aliphatic heterocycles. The SMILES string of the molecule is CCC(=O)N1CCc2cc(Br)ccc21.CCC(=O)N1CCc2cc(C)ccc21. The van der Waals surface area contributed by atoms with Crippen LogP contribution in [-0.2, 0) is 22.4 Å². The Morgan fingerprint density at radius 2 is 1.36 bits per heavy atom. The predicted molar refractivity (Wildman–Crippen MR) is 118 cm³/mol. The van der Waals surface area contributed by atoms with Gasteiger partial charge >= 0.3 is 0 Å². The van der Waals surface area contributed by atoms with Crippen LogP contribution in [0.5, 0.6) is 0 Å². The van der Waals surface area contributed by atoms with E-state index in [0.29, 0.717) is 12.8 Å². The Hall–Kier alpha value is -2.14. The van der Waals surface area contributed by atoms with Crippen molar-refractivity contribution in [3.63, 3.8) is 0 Å². The molecule has 4 nitrogen and oxygen atoms in total. The van der Waals surface area contributed by atoms with E-state index in [1.54, 1.807) is 0 Å². The standard InChI is InChI=1S/C12H15NO.C11H12BrNO/c1-3-12(14)13-7-6-10-8-9(2)4-5-11(10)13;1-2-11(14)13-6-5-8-7-9(12)3-4-10(8)13/h4-5,8H,3,6-7H2,1-2H3;3-4,7H,2,5-6H2,1H3. The van der Waals surface area contributed by atoms with Crippen LogP contribution in [0.1, 0.15) is 43.4 Å². The van der Waals surface area contributed by atoms with E-state index in [1.807, 2.05) is 35.8 Å². The third-order valence-electron chi connectivity index (χ3n) is 5.27. The first-order chi connectivity index (χ1) is 13.4. The predicted octanol–water partition coefficient (Wildman–Crippen LogP) is 5.04. The molecule has 2 aliphatic rings. The quantitative estimate of drug-likeness (QED) is 0.653. The first-order valence-electron chi connectivity index (χ1n) is 9.93. The van der Waals surface area contributed by atoms with Gasteiger partial charge in [0.1, 0.15) is 0 Å². The molecular weight excluding hydrogens is 416 g/mol. The van der Waals surface area contributed by atoms with Gasteiger partial charge in [-0.05, 0) is 55.2 Å². The molecule has 148 valence electrons. The molecule has 0 atom stereocenters. The molecular formula is C23H27BrN2O2. The summed E-state index contributed by atoms with van der Waals surface area (Å²) in [6.07, 6.45) is 3.14. The zero-order valence-electron chi connectivity index (χ0n) is 16.8. The molecule has 2 heterocycles. The molecule has 0 aliphatic carbocycles. The fourth-order valence-electron chi connectivity index (χ4n) is 3.80. The molecule has 2 aromatic carbocycles. The number of anilines is 2. The lowest BCUT2D eigenvalue weighted by Gasteiger charge is -2.16. The second kappa shape index (κ2) is 8.91. The van der Waals surface area contributed by atoms with Crippen LogP contribution in [0.15, 0.2) is 40.9 Å². The number of carbonyl (C=O) groups is 2. The lowest BCUT2D eigenvalue weighted by Crippen LogP contribution is -2.27. The van der Waals surface area contributed by atoms with Gasteiger partial charge in [-0.3, -0.25) is 9.59 Å². The van der Waals surface area contributed by atoms with Gasteiger partial charge < -0.3 is 9.80 Å². The highest BCUT2D eigenvalue weighted by Crippen LogP contribution is 2.31. The van der Waals surface area contributed by atoms with Gasteiger partial charge in [0.15, 0.2) is 0 Å². The van der Waals surface area contributed by atoms with Crippen LogP contribution in [0.4, 0.5) is 11.4 Å². The van der Waals surface area contributed by atoms with Crippen LogP contribution in [0.25, 0.3) is 0 Å². The number of aryl methyl sites for hydroxylation is 1.